The molecule has 6 nitrogen and oxygen atoms in total. The van der Waals surface area contributed by atoms with Crippen molar-refractivity contribution < 1.29 is 24.2 Å². The Bertz CT molecular complexity index is 1270. The highest BCUT2D eigenvalue weighted by Crippen LogP contribution is 2.39. The van der Waals surface area contributed by atoms with Gasteiger partial charge in [0.1, 0.15) is 18.1 Å². The Labute approximate surface area is 224 Å². The Morgan fingerprint density at radius 1 is 1.00 bits per heavy atom. The van der Waals surface area contributed by atoms with Gasteiger partial charge in [0.15, 0.2) is 0 Å². The van der Waals surface area contributed by atoms with E-state index >= 15 is 0 Å². The number of amides is 1. The van der Waals surface area contributed by atoms with Crippen molar-refractivity contribution in [3.05, 3.63) is 104 Å². The molecule has 1 fully saturated rings. The van der Waals surface area contributed by atoms with Crippen LogP contribution in [0.2, 0.25) is 0 Å². The Kier molecular flexibility index (Phi) is 8.43. The van der Waals surface area contributed by atoms with Crippen LogP contribution in [0.4, 0.5) is 0 Å². The van der Waals surface area contributed by atoms with Crippen LogP contribution in [-0.4, -0.2) is 42.0 Å². The fourth-order valence-corrected chi connectivity index (χ4v) is 4.64. The fourth-order valence-electron chi connectivity index (χ4n) is 4.28. The minimum Gasteiger partial charge on any atom is -0.507 e. The van der Waals surface area contributed by atoms with E-state index in [-0.39, 0.29) is 11.3 Å². The molecule has 1 aliphatic rings. The molecule has 186 valence electrons. The lowest BCUT2D eigenvalue weighted by molar-refractivity contribution is -0.140. The van der Waals surface area contributed by atoms with Crippen LogP contribution in [0.3, 0.4) is 0 Å². The normalized spacial score (nSPS) is 17.0. The number of aliphatic hydroxyl groups is 1. The van der Waals surface area contributed by atoms with E-state index in [0.717, 1.165) is 20.3 Å². The number of aliphatic hydroxyl groups excluding tert-OH is 1. The van der Waals surface area contributed by atoms with Gasteiger partial charge < -0.3 is 19.5 Å². The van der Waals surface area contributed by atoms with E-state index < -0.39 is 17.7 Å². The van der Waals surface area contributed by atoms with Crippen molar-refractivity contribution in [2.45, 2.75) is 26.0 Å². The first-order valence-corrected chi connectivity index (χ1v) is 12.8. The summed E-state index contributed by atoms with van der Waals surface area (Å²) in [7, 11) is 1.60. The van der Waals surface area contributed by atoms with Crippen LogP contribution in [0.15, 0.2) is 78.4 Å². The number of Topliss-reactive ketones (excluding diaryl/α,β-unsaturated/α-hetero) is 1. The first-order chi connectivity index (χ1) is 17.4. The van der Waals surface area contributed by atoms with E-state index in [2.05, 4.69) is 22.6 Å². The molecule has 1 heterocycles. The molecule has 0 aliphatic carbocycles. The standard InChI is InChI=1S/C29H28INO5/c1-19-6-3-4-7-22(19)18-36-24-14-10-21(11-15-24)27(32)25-26(20-8-12-23(30)13-9-20)31(16-5-17-35-2)29(34)28(25)33/h3-4,6-15,26,32H,5,16-18H2,1-2H3. The van der Waals surface area contributed by atoms with Crippen molar-refractivity contribution in [1.29, 1.82) is 0 Å². The van der Waals surface area contributed by atoms with Gasteiger partial charge in [-0.1, -0.05) is 36.4 Å². The van der Waals surface area contributed by atoms with Gasteiger partial charge in [-0.3, -0.25) is 9.59 Å². The molecule has 0 spiro atoms. The molecule has 1 atom stereocenters. The van der Waals surface area contributed by atoms with Crippen LogP contribution < -0.4 is 4.74 Å². The van der Waals surface area contributed by atoms with Crippen molar-refractivity contribution in [3.8, 4) is 5.75 Å². The van der Waals surface area contributed by atoms with E-state index in [0.29, 0.717) is 37.5 Å². The minimum absolute atomic E-state index is 0.0900. The number of halogens is 1. The van der Waals surface area contributed by atoms with Crippen LogP contribution in [0.25, 0.3) is 5.76 Å². The first kappa shape index (κ1) is 25.9. The van der Waals surface area contributed by atoms with Gasteiger partial charge in [-0.05, 0) is 89.0 Å². The van der Waals surface area contributed by atoms with Crippen molar-refractivity contribution >= 4 is 40.0 Å². The van der Waals surface area contributed by atoms with Crippen molar-refractivity contribution in [3.63, 3.8) is 0 Å². The molecule has 3 aromatic rings. The van der Waals surface area contributed by atoms with Gasteiger partial charge in [0.25, 0.3) is 11.7 Å². The molecule has 1 N–H and O–H groups in total. The second-order valence-electron chi connectivity index (χ2n) is 8.63. The molecule has 3 aromatic carbocycles. The van der Waals surface area contributed by atoms with E-state index in [1.165, 1.54) is 4.90 Å². The Morgan fingerprint density at radius 3 is 2.36 bits per heavy atom. The number of ether oxygens (including phenoxy) is 2. The second kappa shape index (κ2) is 11.7. The smallest absolute Gasteiger partial charge is 0.295 e. The lowest BCUT2D eigenvalue weighted by Crippen LogP contribution is -2.31. The number of nitrogens with zero attached hydrogens (tertiary/aromatic N) is 1. The molecule has 0 saturated carbocycles. The number of rotatable bonds is 9. The number of hydrogen-bond donors (Lipinski definition) is 1. The molecular weight excluding hydrogens is 569 g/mol. The molecule has 1 unspecified atom stereocenters. The summed E-state index contributed by atoms with van der Waals surface area (Å²) in [5.74, 6) is -0.858. The van der Waals surface area contributed by atoms with Gasteiger partial charge in [-0.15, -0.1) is 0 Å². The first-order valence-electron chi connectivity index (χ1n) is 11.7. The number of carbonyl (C=O) groups is 2. The van der Waals surface area contributed by atoms with Crippen LogP contribution in [0, 0.1) is 10.5 Å². The number of benzene rings is 3. The lowest BCUT2D eigenvalue weighted by atomic mass is 9.95. The van der Waals surface area contributed by atoms with E-state index in [1.807, 2.05) is 55.5 Å². The second-order valence-corrected chi connectivity index (χ2v) is 9.88. The van der Waals surface area contributed by atoms with Gasteiger partial charge in [0.2, 0.25) is 0 Å². The SMILES string of the molecule is COCCCN1C(=O)C(=O)C(=C(O)c2ccc(OCc3ccccc3C)cc2)C1c1ccc(I)cc1. The number of likely N-dealkylation sites (tertiary alicyclic amines) is 1. The average Bonchev–Trinajstić information content (AvgIpc) is 3.14. The van der Waals surface area contributed by atoms with Gasteiger partial charge in [0, 0.05) is 29.4 Å². The lowest BCUT2D eigenvalue weighted by Gasteiger charge is -2.25. The predicted molar refractivity (Wildman–Crippen MR) is 147 cm³/mol. The molecule has 1 amide bonds. The summed E-state index contributed by atoms with van der Waals surface area (Å²) in [4.78, 5) is 27.6. The summed E-state index contributed by atoms with van der Waals surface area (Å²) in [6.07, 6.45) is 0.581. The molecule has 4 rings (SSSR count). The maximum Gasteiger partial charge on any atom is 0.295 e. The number of aryl methyl sites for hydroxylation is 1. The molecule has 7 heteroatoms. The highest BCUT2D eigenvalue weighted by molar-refractivity contribution is 14.1. The number of ketones is 1. The molecule has 1 aliphatic heterocycles. The summed E-state index contributed by atoms with van der Waals surface area (Å²) in [6, 6.07) is 21.9. The van der Waals surface area contributed by atoms with E-state index in [1.54, 1.807) is 31.4 Å². The summed E-state index contributed by atoms with van der Waals surface area (Å²) in [5.41, 5.74) is 3.55. The maximum absolute atomic E-state index is 13.1. The highest BCUT2D eigenvalue weighted by Gasteiger charge is 2.45. The Morgan fingerprint density at radius 2 is 1.69 bits per heavy atom. The maximum atomic E-state index is 13.1. The average molecular weight is 597 g/mol. The largest absolute Gasteiger partial charge is 0.507 e. The predicted octanol–water partition coefficient (Wildman–Crippen LogP) is 5.64. The summed E-state index contributed by atoms with van der Waals surface area (Å²) in [6.45, 7) is 3.27. The third-order valence-corrected chi connectivity index (χ3v) is 6.98. The van der Waals surface area contributed by atoms with E-state index in [4.69, 9.17) is 9.47 Å². The third kappa shape index (κ3) is 5.63. The Balaban J connectivity index is 1.63. The fraction of sp³-hybridized carbons (Fsp3) is 0.241. The molecule has 0 bridgehead atoms. The zero-order chi connectivity index (χ0) is 25.7. The molecular formula is C29H28INO5. The van der Waals surface area contributed by atoms with Gasteiger partial charge >= 0.3 is 0 Å². The van der Waals surface area contributed by atoms with Crippen LogP contribution >= 0.6 is 22.6 Å². The number of carbonyl (C=O) groups excluding carboxylic acids is 2. The van der Waals surface area contributed by atoms with Gasteiger partial charge in [0.05, 0.1) is 11.6 Å². The Hall–Kier alpha value is -3.17. The minimum atomic E-state index is -0.687. The zero-order valence-electron chi connectivity index (χ0n) is 20.2. The molecule has 0 aromatic heterocycles. The number of hydrogen-bond acceptors (Lipinski definition) is 5. The molecule has 0 radical (unpaired) electrons. The third-order valence-electron chi connectivity index (χ3n) is 6.26. The van der Waals surface area contributed by atoms with Crippen LogP contribution in [0.1, 0.15) is 34.7 Å². The monoisotopic (exact) mass is 597 g/mol. The molecule has 36 heavy (non-hydrogen) atoms. The zero-order valence-corrected chi connectivity index (χ0v) is 22.4. The van der Waals surface area contributed by atoms with Gasteiger partial charge in [-0.2, -0.15) is 0 Å². The van der Waals surface area contributed by atoms with Crippen molar-refractivity contribution in [1.82, 2.24) is 4.90 Å². The topological polar surface area (TPSA) is 76.1 Å². The van der Waals surface area contributed by atoms with Gasteiger partial charge in [-0.25, -0.2) is 0 Å². The van der Waals surface area contributed by atoms with Crippen LogP contribution in [0.5, 0.6) is 5.75 Å². The summed E-state index contributed by atoms with van der Waals surface area (Å²) in [5, 5.41) is 11.2. The van der Waals surface area contributed by atoms with Crippen LogP contribution in [-0.2, 0) is 20.9 Å². The molecule has 1 saturated heterocycles. The van der Waals surface area contributed by atoms with Crippen molar-refractivity contribution in [2.75, 3.05) is 20.3 Å². The summed E-state index contributed by atoms with van der Waals surface area (Å²) < 4.78 is 12.1. The van der Waals surface area contributed by atoms with E-state index in [9.17, 15) is 14.7 Å². The summed E-state index contributed by atoms with van der Waals surface area (Å²) >= 11 is 2.21. The quantitative estimate of drug-likeness (QED) is 0.114. The highest BCUT2D eigenvalue weighted by atomic mass is 127. The van der Waals surface area contributed by atoms with Crippen molar-refractivity contribution in [2.24, 2.45) is 0 Å². The number of methoxy groups -OCH3 is 1.